The first-order valence-electron chi connectivity index (χ1n) is 7.78. The van der Waals surface area contributed by atoms with Crippen LogP contribution >= 0.6 is 11.3 Å². The first kappa shape index (κ1) is 16.4. The molecule has 1 aliphatic rings. The third-order valence-corrected chi connectivity index (χ3v) is 5.53. The molecule has 0 atom stereocenters. The van der Waals surface area contributed by atoms with Gasteiger partial charge in [0.2, 0.25) is 0 Å². The van der Waals surface area contributed by atoms with Crippen LogP contribution in [-0.4, -0.2) is 22.7 Å². The van der Waals surface area contributed by atoms with Crippen molar-refractivity contribution in [3.05, 3.63) is 15.6 Å². The maximum Gasteiger partial charge on any atom is 0.347 e. The molecular weight excluding hydrogens is 286 g/mol. The normalized spacial score (nSPS) is 26.2. The van der Waals surface area contributed by atoms with E-state index in [4.69, 9.17) is 4.74 Å². The minimum atomic E-state index is -0.877. The highest BCUT2D eigenvalue weighted by Gasteiger charge is 2.40. The predicted octanol–water partition coefficient (Wildman–Crippen LogP) is 4.41. The number of carboxylic acids is 1. The molecule has 5 heteroatoms. The molecule has 1 N–H and O–H groups in total. The van der Waals surface area contributed by atoms with Crippen LogP contribution in [0.5, 0.6) is 0 Å². The fourth-order valence-corrected chi connectivity index (χ4v) is 4.26. The Morgan fingerprint density at radius 1 is 1.48 bits per heavy atom. The van der Waals surface area contributed by atoms with Crippen LogP contribution < -0.4 is 0 Å². The standard InChI is InChI=1S/C16H25NO3S/c1-5-20-16(8-6-11(4)7-9-16)15-17-12(10(2)3)13(21-15)14(18)19/h10-11H,5-9H2,1-4H3,(H,18,19). The van der Waals surface area contributed by atoms with Crippen LogP contribution in [0.2, 0.25) is 0 Å². The maximum absolute atomic E-state index is 11.5. The molecule has 2 rings (SSSR count). The van der Waals surface area contributed by atoms with E-state index in [0.29, 0.717) is 23.1 Å². The molecule has 1 aromatic heterocycles. The van der Waals surface area contributed by atoms with Crippen molar-refractivity contribution in [2.45, 2.75) is 64.9 Å². The second kappa shape index (κ2) is 6.44. The molecule has 1 fully saturated rings. The molecule has 0 aromatic carbocycles. The van der Waals surface area contributed by atoms with Crippen LogP contribution in [0.4, 0.5) is 0 Å². The van der Waals surface area contributed by atoms with Gasteiger partial charge in [-0.25, -0.2) is 9.78 Å². The summed E-state index contributed by atoms with van der Waals surface area (Å²) in [6.07, 6.45) is 4.09. The number of hydrogen-bond donors (Lipinski definition) is 1. The molecule has 118 valence electrons. The van der Waals surface area contributed by atoms with E-state index in [1.165, 1.54) is 11.3 Å². The van der Waals surface area contributed by atoms with Gasteiger partial charge in [0, 0.05) is 6.61 Å². The Hall–Kier alpha value is -0.940. The Morgan fingerprint density at radius 3 is 2.52 bits per heavy atom. The van der Waals surface area contributed by atoms with Crippen molar-refractivity contribution < 1.29 is 14.6 Å². The van der Waals surface area contributed by atoms with E-state index in [1.54, 1.807) is 0 Å². The lowest BCUT2D eigenvalue weighted by atomic mass is 9.79. The van der Waals surface area contributed by atoms with Gasteiger partial charge in [0.1, 0.15) is 15.5 Å². The van der Waals surface area contributed by atoms with E-state index in [0.717, 1.165) is 30.7 Å². The molecule has 0 saturated heterocycles. The van der Waals surface area contributed by atoms with Crippen molar-refractivity contribution in [1.82, 2.24) is 4.98 Å². The molecule has 0 amide bonds. The van der Waals surface area contributed by atoms with Crippen molar-refractivity contribution >= 4 is 17.3 Å². The summed E-state index contributed by atoms with van der Waals surface area (Å²) in [6, 6.07) is 0. The van der Waals surface area contributed by atoms with Gasteiger partial charge in [0.15, 0.2) is 0 Å². The largest absolute Gasteiger partial charge is 0.477 e. The van der Waals surface area contributed by atoms with Crippen molar-refractivity contribution in [2.75, 3.05) is 6.61 Å². The number of hydrogen-bond acceptors (Lipinski definition) is 4. The molecule has 1 saturated carbocycles. The lowest BCUT2D eigenvalue weighted by Gasteiger charge is -2.37. The van der Waals surface area contributed by atoms with Crippen LogP contribution in [0.15, 0.2) is 0 Å². The minimum Gasteiger partial charge on any atom is -0.477 e. The van der Waals surface area contributed by atoms with E-state index in [-0.39, 0.29) is 11.5 Å². The summed E-state index contributed by atoms with van der Waals surface area (Å²) in [4.78, 5) is 16.5. The number of nitrogens with zero attached hydrogens (tertiary/aromatic N) is 1. The average molecular weight is 311 g/mol. The summed E-state index contributed by atoms with van der Waals surface area (Å²) in [5.74, 6) is -0.0531. The van der Waals surface area contributed by atoms with E-state index < -0.39 is 5.97 Å². The van der Waals surface area contributed by atoms with Gasteiger partial charge in [-0.2, -0.15) is 0 Å². The summed E-state index contributed by atoms with van der Waals surface area (Å²) in [7, 11) is 0. The van der Waals surface area contributed by atoms with Crippen LogP contribution in [0.3, 0.4) is 0 Å². The third kappa shape index (κ3) is 3.29. The van der Waals surface area contributed by atoms with Crippen molar-refractivity contribution in [1.29, 1.82) is 0 Å². The van der Waals surface area contributed by atoms with Gasteiger partial charge in [-0.3, -0.25) is 0 Å². The van der Waals surface area contributed by atoms with Gasteiger partial charge < -0.3 is 9.84 Å². The zero-order chi connectivity index (χ0) is 15.6. The molecular formula is C16H25NO3S. The smallest absolute Gasteiger partial charge is 0.347 e. The zero-order valence-corrected chi connectivity index (χ0v) is 14.1. The minimum absolute atomic E-state index is 0.113. The van der Waals surface area contributed by atoms with E-state index >= 15 is 0 Å². The van der Waals surface area contributed by atoms with Crippen LogP contribution in [-0.2, 0) is 10.3 Å². The molecule has 0 aliphatic heterocycles. The predicted molar refractivity (Wildman–Crippen MR) is 84.1 cm³/mol. The van der Waals surface area contributed by atoms with Gasteiger partial charge >= 0.3 is 5.97 Å². The molecule has 0 unspecified atom stereocenters. The lowest BCUT2D eigenvalue weighted by Crippen LogP contribution is -2.34. The quantitative estimate of drug-likeness (QED) is 0.875. The van der Waals surface area contributed by atoms with Crippen LogP contribution in [0.1, 0.15) is 79.7 Å². The van der Waals surface area contributed by atoms with Crippen LogP contribution in [0.25, 0.3) is 0 Å². The number of rotatable bonds is 5. The van der Waals surface area contributed by atoms with Crippen molar-refractivity contribution in [2.24, 2.45) is 5.92 Å². The highest BCUT2D eigenvalue weighted by molar-refractivity contribution is 7.13. The fourth-order valence-electron chi connectivity index (χ4n) is 3.00. The number of aromatic carboxylic acids is 1. The second-order valence-electron chi connectivity index (χ2n) is 6.30. The number of carboxylic acid groups (broad SMARTS) is 1. The van der Waals surface area contributed by atoms with E-state index in [9.17, 15) is 9.90 Å². The second-order valence-corrected chi connectivity index (χ2v) is 7.30. The first-order chi connectivity index (χ1) is 9.89. The van der Waals surface area contributed by atoms with Crippen LogP contribution in [0, 0.1) is 5.92 Å². The zero-order valence-electron chi connectivity index (χ0n) is 13.3. The first-order valence-corrected chi connectivity index (χ1v) is 8.59. The summed E-state index contributed by atoms with van der Waals surface area (Å²) >= 11 is 1.31. The Balaban J connectivity index is 2.41. The summed E-state index contributed by atoms with van der Waals surface area (Å²) in [6.45, 7) is 8.87. The van der Waals surface area contributed by atoms with Gasteiger partial charge in [-0.05, 0) is 44.4 Å². The Kier molecular flexibility index (Phi) is 5.04. The molecule has 1 aromatic rings. The third-order valence-electron chi connectivity index (χ3n) is 4.29. The SMILES string of the molecule is CCOC1(c2nc(C(C)C)c(C(=O)O)s2)CCC(C)CC1. The Labute approximate surface area is 130 Å². The van der Waals surface area contributed by atoms with Gasteiger partial charge in [-0.15, -0.1) is 11.3 Å². The van der Waals surface area contributed by atoms with E-state index in [1.807, 2.05) is 20.8 Å². The molecule has 1 heterocycles. The molecule has 0 bridgehead atoms. The fraction of sp³-hybridized carbons (Fsp3) is 0.750. The molecule has 4 nitrogen and oxygen atoms in total. The summed E-state index contributed by atoms with van der Waals surface area (Å²) < 4.78 is 6.09. The number of thiazole rings is 1. The number of aromatic nitrogens is 1. The molecule has 0 spiro atoms. The number of ether oxygens (including phenoxy) is 1. The van der Waals surface area contributed by atoms with E-state index in [2.05, 4.69) is 11.9 Å². The van der Waals surface area contributed by atoms with Gasteiger partial charge in [-0.1, -0.05) is 20.8 Å². The summed E-state index contributed by atoms with van der Waals surface area (Å²) in [5.41, 5.74) is 0.323. The Bertz CT molecular complexity index is 502. The lowest BCUT2D eigenvalue weighted by molar-refractivity contribution is -0.0777. The highest BCUT2D eigenvalue weighted by atomic mass is 32.1. The van der Waals surface area contributed by atoms with Crippen molar-refractivity contribution in [3.63, 3.8) is 0 Å². The average Bonchev–Trinajstić information content (AvgIpc) is 2.88. The maximum atomic E-state index is 11.5. The topological polar surface area (TPSA) is 59.4 Å². The van der Waals surface area contributed by atoms with Crippen molar-refractivity contribution in [3.8, 4) is 0 Å². The molecule has 21 heavy (non-hydrogen) atoms. The molecule has 1 aliphatic carbocycles. The van der Waals surface area contributed by atoms with Gasteiger partial charge in [0.25, 0.3) is 0 Å². The molecule has 0 radical (unpaired) electrons. The van der Waals surface area contributed by atoms with Gasteiger partial charge in [0.05, 0.1) is 5.69 Å². The highest BCUT2D eigenvalue weighted by Crippen LogP contribution is 2.45. The number of carbonyl (C=O) groups is 1. The monoisotopic (exact) mass is 311 g/mol. The Morgan fingerprint density at radius 2 is 2.10 bits per heavy atom. The summed E-state index contributed by atoms with van der Waals surface area (Å²) in [5, 5.41) is 10.3.